The zero-order valence-electron chi connectivity index (χ0n) is 5.55. The fraction of sp³-hybridized carbons (Fsp3) is 0.200. The molecule has 3 nitrogen and oxygen atoms in total. The molecule has 0 radical (unpaired) electrons. The second-order valence-electron chi connectivity index (χ2n) is 1.85. The summed E-state index contributed by atoms with van der Waals surface area (Å²) < 4.78 is 0. The van der Waals surface area contributed by atoms with Gasteiger partial charge in [-0.25, -0.2) is 0 Å². The van der Waals surface area contributed by atoms with E-state index in [1.165, 1.54) is 6.08 Å². The maximum Gasteiger partial charge on any atom is 0.258 e. The molecular formula is C5H8BNO2. The highest BCUT2D eigenvalue weighted by Gasteiger charge is 2.04. The van der Waals surface area contributed by atoms with Gasteiger partial charge in [-0.05, 0) is 12.4 Å². The van der Waals surface area contributed by atoms with E-state index in [1.807, 2.05) is 0 Å². The van der Waals surface area contributed by atoms with E-state index in [1.54, 1.807) is 14.8 Å². The van der Waals surface area contributed by atoms with Crippen LogP contribution in [0.3, 0.4) is 0 Å². The Morgan fingerprint density at radius 3 is 2.33 bits per heavy atom. The first kappa shape index (κ1) is 7.94. The Bertz CT molecular complexity index is 170. The molecule has 0 aromatic heterocycles. The Balaban J connectivity index is 4.55. The smallest absolute Gasteiger partial charge is 0.258 e. The highest BCUT2D eigenvalue weighted by Crippen LogP contribution is 2.00. The summed E-state index contributed by atoms with van der Waals surface area (Å²) in [5.41, 5.74) is 0.769. The van der Waals surface area contributed by atoms with Crippen molar-refractivity contribution in [3.63, 3.8) is 0 Å². The molecule has 0 saturated heterocycles. The zero-order chi connectivity index (χ0) is 7.44. The van der Waals surface area contributed by atoms with Crippen molar-refractivity contribution in [2.45, 2.75) is 6.92 Å². The fourth-order valence-electron chi connectivity index (χ4n) is 0.461. The SMILES string of the molecule is B/C(C)=C(/C=C)[N+](=O)[O-]. The third kappa shape index (κ3) is 2.12. The maximum absolute atomic E-state index is 10.0. The molecule has 0 heterocycles. The summed E-state index contributed by atoms with van der Waals surface area (Å²) in [6, 6.07) is 0. The Hall–Kier alpha value is -1.06. The summed E-state index contributed by atoms with van der Waals surface area (Å²) in [6.45, 7) is 4.98. The molecule has 0 atom stereocenters. The van der Waals surface area contributed by atoms with Crippen molar-refractivity contribution in [3.8, 4) is 0 Å². The van der Waals surface area contributed by atoms with Gasteiger partial charge < -0.3 is 0 Å². The van der Waals surface area contributed by atoms with E-state index in [-0.39, 0.29) is 5.70 Å². The highest BCUT2D eigenvalue weighted by molar-refractivity contribution is 6.21. The predicted octanol–water partition coefficient (Wildman–Crippen LogP) is 0.314. The van der Waals surface area contributed by atoms with Crippen molar-refractivity contribution in [2.24, 2.45) is 0 Å². The third-order valence-corrected chi connectivity index (χ3v) is 0.902. The molecule has 0 aromatic carbocycles. The molecule has 0 rings (SSSR count). The first-order valence-corrected chi connectivity index (χ1v) is 2.54. The van der Waals surface area contributed by atoms with Gasteiger partial charge in [-0.1, -0.05) is 6.58 Å². The fourth-order valence-corrected chi connectivity index (χ4v) is 0.461. The van der Waals surface area contributed by atoms with E-state index in [0.29, 0.717) is 5.47 Å². The normalized spacial score (nSPS) is 12.1. The number of nitrogens with zero attached hydrogens (tertiary/aromatic N) is 1. The van der Waals surface area contributed by atoms with Crippen molar-refractivity contribution in [1.82, 2.24) is 0 Å². The van der Waals surface area contributed by atoms with Crippen molar-refractivity contribution in [2.75, 3.05) is 0 Å². The van der Waals surface area contributed by atoms with E-state index >= 15 is 0 Å². The molecule has 0 fully saturated rings. The highest BCUT2D eigenvalue weighted by atomic mass is 16.6. The van der Waals surface area contributed by atoms with Gasteiger partial charge in [0.25, 0.3) is 5.70 Å². The van der Waals surface area contributed by atoms with Crippen LogP contribution in [0.2, 0.25) is 0 Å². The van der Waals surface area contributed by atoms with Gasteiger partial charge in [-0.15, -0.1) is 0 Å². The predicted molar refractivity (Wildman–Crippen MR) is 38.4 cm³/mol. The first-order valence-electron chi connectivity index (χ1n) is 2.54. The molecule has 0 unspecified atom stereocenters. The molecular weight excluding hydrogens is 117 g/mol. The minimum atomic E-state index is -0.442. The van der Waals surface area contributed by atoms with Gasteiger partial charge in [0, 0.05) is 6.08 Å². The second kappa shape index (κ2) is 3.07. The van der Waals surface area contributed by atoms with Crippen LogP contribution in [0.15, 0.2) is 23.8 Å². The van der Waals surface area contributed by atoms with Crippen LogP contribution in [0.1, 0.15) is 6.92 Å². The van der Waals surface area contributed by atoms with Gasteiger partial charge in [-0.2, -0.15) is 0 Å². The van der Waals surface area contributed by atoms with Gasteiger partial charge in [0.15, 0.2) is 0 Å². The lowest BCUT2D eigenvalue weighted by Crippen LogP contribution is -1.98. The van der Waals surface area contributed by atoms with Gasteiger partial charge in [-0.3, -0.25) is 10.1 Å². The third-order valence-electron chi connectivity index (χ3n) is 0.902. The van der Waals surface area contributed by atoms with Crippen LogP contribution in [0.5, 0.6) is 0 Å². The molecule has 0 bridgehead atoms. The van der Waals surface area contributed by atoms with E-state index in [0.717, 1.165) is 0 Å². The lowest BCUT2D eigenvalue weighted by molar-refractivity contribution is -0.419. The van der Waals surface area contributed by atoms with Crippen molar-refractivity contribution >= 4 is 7.85 Å². The van der Waals surface area contributed by atoms with E-state index in [2.05, 4.69) is 6.58 Å². The summed E-state index contributed by atoms with van der Waals surface area (Å²) in [5, 5.41) is 10.0. The molecule has 0 amide bonds. The number of allylic oxidation sites excluding steroid dienone is 2. The largest absolute Gasteiger partial charge is 0.258 e. The summed E-state index contributed by atoms with van der Waals surface area (Å²) in [5.74, 6) is 0. The van der Waals surface area contributed by atoms with Crippen LogP contribution in [0.4, 0.5) is 0 Å². The minimum absolute atomic E-state index is 0.0926. The van der Waals surface area contributed by atoms with E-state index in [9.17, 15) is 10.1 Å². The molecule has 0 saturated carbocycles. The standard InChI is InChI=1S/C5H8BNO2/c1-3-5(4(2)6)7(8)9/h3H,1,6H2,2H3/b5-4-. The lowest BCUT2D eigenvalue weighted by atomic mass is 9.96. The Labute approximate surface area is 54.6 Å². The van der Waals surface area contributed by atoms with Crippen LogP contribution in [0.25, 0.3) is 0 Å². The molecule has 9 heavy (non-hydrogen) atoms. The molecule has 0 aliphatic heterocycles. The van der Waals surface area contributed by atoms with E-state index in [4.69, 9.17) is 0 Å². The van der Waals surface area contributed by atoms with Crippen LogP contribution in [0, 0.1) is 10.1 Å². The summed E-state index contributed by atoms with van der Waals surface area (Å²) in [7, 11) is 1.68. The Morgan fingerprint density at radius 1 is 1.89 bits per heavy atom. The average molecular weight is 125 g/mol. The molecule has 0 N–H and O–H groups in total. The van der Waals surface area contributed by atoms with Crippen molar-refractivity contribution in [3.05, 3.63) is 33.9 Å². The van der Waals surface area contributed by atoms with Gasteiger partial charge in [0.1, 0.15) is 7.85 Å². The van der Waals surface area contributed by atoms with Crippen LogP contribution in [-0.4, -0.2) is 12.8 Å². The molecule has 0 aliphatic carbocycles. The van der Waals surface area contributed by atoms with Crippen LogP contribution in [-0.2, 0) is 0 Å². The molecule has 48 valence electrons. The van der Waals surface area contributed by atoms with Gasteiger partial charge >= 0.3 is 0 Å². The number of nitro groups is 1. The van der Waals surface area contributed by atoms with Gasteiger partial charge in [0.2, 0.25) is 0 Å². The van der Waals surface area contributed by atoms with Crippen LogP contribution < -0.4 is 0 Å². The average Bonchev–Trinajstić information content (AvgIpc) is 1.64. The second-order valence-corrected chi connectivity index (χ2v) is 1.85. The zero-order valence-corrected chi connectivity index (χ0v) is 5.55. The first-order chi connectivity index (χ1) is 4.09. The summed E-state index contributed by atoms with van der Waals surface area (Å²) in [4.78, 5) is 9.61. The van der Waals surface area contributed by atoms with Gasteiger partial charge in [0.05, 0.1) is 4.92 Å². The quantitative estimate of drug-likeness (QED) is 0.230. The molecule has 0 aliphatic rings. The summed E-state index contributed by atoms with van der Waals surface area (Å²) in [6.07, 6.45) is 1.25. The van der Waals surface area contributed by atoms with Crippen molar-refractivity contribution < 1.29 is 4.92 Å². The maximum atomic E-state index is 10.0. The lowest BCUT2D eigenvalue weighted by Gasteiger charge is -1.90. The monoisotopic (exact) mass is 125 g/mol. The molecule has 4 heteroatoms. The number of hydrogen-bond acceptors (Lipinski definition) is 2. The Kier molecular flexibility index (Phi) is 2.71. The summed E-state index contributed by atoms with van der Waals surface area (Å²) >= 11 is 0. The van der Waals surface area contributed by atoms with Crippen LogP contribution >= 0.6 is 0 Å². The molecule has 0 spiro atoms. The number of hydrogen-bond donors (Lipinski definition) is 0. The molecule has 0 aromatic rings. The number of rotatable bonds is 2. The Morgan fingerprint density at radius 2 is 2.33 bits per heavy atom. The van der Waals surface area contributed by atoms with E-state index < -0.39 is 4.92 Å². The topological polar surface area (TPSA) is 43.1 Å². The van der Waals surface area contributed by atoms with Crippen molar-refractivity contribution in [1.29, 1.82) is 0 Å². The minimum Gasteiger partial charge on any atom is -0.258 e.